The fraction of sp³-hybridized carbons (Fsp3) is 0.700. The number of hydrogen-bond acceptors (Lipinski definition) is 1. The van der Waals surface area contributed by atoms with Crippen LogP contribution in [0.25, 0.3) is 0 Å². The van der Waals surface area contributed by atoms with E-state index < -0.39 is 0 Å². The number of hydrogen-bond donors (Lipinski definition) is 0. The van der Waals surface area contributed by atoms with Crippen LogP contribution in [0.15, 0.2) is 0 Å². The number of terminal acetylenes is 1. The van der Waals surface area contributed by atoms with E-state index in [0.717, 1.165) is 6.42 Å². The molecule has 0 aliphatic heterocycles. The molecule has 0 amide bonds. The fourth-order valence-electron chi connectivity index (χ4n) is 0.847. The van der Waals surface area contributed by atoms with Crippen molar-refractivity contribution in [1.82, 2.24) is 0 Å². The van der Waals surface area contributed by atoms with Crippen molar-refractivity contribution < 1.29 is 4.79 Å². The molecule has 0 aliphatic rings. The van der Waals surface area contributed by atoms with E-state index in [4.69, 9.17) is 6.42 Å². The molecule has 0 aromatic rings. The molecule has 62 valence electrons. The van der Waals surface area contributed by atoms with Crippen molar-refractivity contribution in [2.45, 2.75) is 39.5 Å². The molecule has 0 rings (SSSR count). The Kier molecular flexibility index (Phi) is 5.56. The third-order valence-electron chi connectivity index (χ3n) is 1.82. The van der Waals surface area contributed by atoms with E-state index >= 15 is 0 Å². The van der Waals surface area contributed by atoms with Gasteiger partial charge in [-0.1, -0.05) is 20.3 Å². The Balaban J connectivity index is 3.45. The van der Waals surface area contributed by atoms with Gasteiger partial charge in [-0.2, -0.15) is 0 Å². The summed E-state index contributed by atoms with van der Waals surface area (Å²) < 4.78 is 0. The number of ketones is 1. The van der Waals surface area contributed by atoms with Crippen LogP contribution in [0, 0.1) is 18.3 Å². The minimum Gasteiger partial charge on any atom is -0.300 e. The summed E-state index contributed by atoms with van der Waals surface area (Å²) in [4.78, 5) is 11.1. The van der Waals surface area contributed by atoms with Gasteiger partial charge in [-0.05, 0) is 5.92 Å². The summed E-state index contributed by atoms with van der Waals surface area (Å²) in [5.41, 5.74) is 0. The maximum Gasteiger partial charge on any atom is 0.134 e. The highest BCUT2D eigenvalue weighted by Gasteiger charge is 2.05. The van der Waals surface area contributed by atoms with E-state index in [1.165, 1.54) is 0 Å². The zero-order valence-corrected chi connectivity index (χ0v) is 7.39. The lowest BCUT2D eigenvalue weighted by molar-refractivity contribution is -0.119. The van der Waals surface area contributed by atoms with Gasteiger partial charge in [0.2, 0.25) is 0 Å². The van der Waals surface area contributed by atoms with E-state index in [-0.39, 0.29) is 0 Å². The summed E-state index contributed by atoms with van der Waals surface area (Å²) in [6.45, 7) is 4.19. The van der Waals surface area contributed by atoms with Crippen LogP contribution in [0.5, 0.6) is 0 Å². The van der Waals surface area contributed by atoms with Crippen molar-refractivity contribution in [2.75, 3.05) is 0 Å². The molecule has 0 spiro atoms. The van der Waals surface area contributed by atoms with Crippen LogP contribution < -0.4 is 0 Å². The lowest BCUT2D eigenvalue weighted by atomic mass is 10.00. The Bertz CT molecular complexity index is 153. The van der Waals surface area contributed by atoms with Crippen molar-refractivity contribution in [1.29, 1.82) is 0 Å². The van der Waals surface area contributed by atoms with Crippen molar-refractivity contribution in [3.63, 3.8) is 0 Å². The van der Waals surface area contributed by atoms with Gasteiger partial charge in [-0.15, -0.1) is 12.3 Å². The normalized spacial score (nSPS) is 12.1. The molecule has 0 aliphatic carbocycles. The Morgan fingerprint density at radius 1 is 1.64 bits per heavy atom. The molecular formula is C10H16O. The molecule has 0 heterocycles. The summed E-state index contributed by atoms with van der Waals surface area (Å²) in [5.74, 6) is 3.29. The summed E-state index contributed by atoms with van der Waals surface area (Å²) in [6.07, 6.45) is 7.95. The number of rotatable bonds is 5. The van der Waals surface area contributed by atoms with Gasteiger partial charge in [-0.25, -0.2) is 0 Å². The molecule has 0 aromatic carbocycles. The summed E-state index contributed by atoms with van der Waals surface area (Å²) in [7, 11) is 0. The molecular weight excluding hydrogens is 136 g/mol. The lowest BCUT2D eigenvalue weighted by Crippen LogP contribution is -2.03. The first-order chi connectivity index (χ1) is 5.20. The molecule has 1 heteroatoms. The first kappa shape index (κ1) is 10.2. The van der Waals surface area contributed by atoms with Gasteiger partial charge in [0.1, 0.15) is 5.78 Å². The quantitative estimate of drug-likeness (QED) is 0.553. The molecule has 0 bridgehead atoms. The largest absolute Gasteiger partial charge is 0.300 e. The van der Waals surface area contributed by atoms with Gasteiger partial charge in [0.25, 0.3) is 0 Å². The maximum atomic E-state index is 11.1. The van der Waals surface area contributed by atoms with Crippen LogP contribution in [0.4, 0.5) is 0 Å². The van der Waals surface area contributed by atoms with Crippen LogP contribution in [-0.4, -0.2) is 5.78 Å². The van der Waals surface area contributed by atoms with Crippen LogP contribution in [-0.2, 0) is 4.79 Å². The second-order valence-electron chi connectivity index (χ2n) is 2.96. The van der Waals surface area contributed by atoms with Gasteiger partial charge < -0.3 is 0 Å². The molecule has 0 aromatic heterocycles. The van der Waals surface area contributed by atoms with Crippen molar-refractivity contribution in [3.8, 4) is 12.3 Å². The molecule has 1 unspecified atom stereocenters. The molecule has 0 saturated carbocycles. The first-order valence-corrected chi connectivity index (χ1v) is 4.15. The highest BCUT2D eigenvalue weighted by atomic mass is 16.1. The van der Waals surface area contributed by atoms with Crippen LogP contribution in [0.2, 0.25) is 0 Å². The average molecular weight is 152 g/mol. The smallest absolute Gasteiger partial charge is 0.134 e. The standard InChI is InChI=1S/C10H16O/c1-4-6-7-10(11)8-9(3)5-2/h1,9H,5-8H2,2-3H3. The maximum absolute atomic E-state index is 11.1. The lowest BCUT2D eigenvalue weighted by Gasteiger charge is -2.04. The fourth-order valence-corrected chi connectivity index (χ4v) is 0.847. The van der Waals surface area contributed by atoms with Gasteiger partial charge in [0.15, 0.2) is 0 Å². The topological polar surface area (TPSA) is 17.1 Å². The molecule has 1 nitrogen and oxygen atoms in total. The van der Waals surface area contributed by atoms with Crippen molar-refractivity contribution >= 4 is 5.78 Å². The van der Waals surface area contributed by atoms with Gasteiger partial charge in [-0.3, -0.25) is 4.79 Å². The van der Waals surface area contributed by atoms with Gasteiger partial charge >= 0.3 is 0 Å². The first-order valence-electron chi connectivity index (χ1n) is 4.15. The second kappa shape index (κ2) is 5.97. The number of carbonyl (C=O) groups is 1. The molecule has 1 atom stereocenters. The van der Waals surface area contributed by atoms with E-state index in [9.17, 15) is 4.79 Å². The zero-order valence-electron chi connectivity index (χ0n) is 7.39. The van der Waals surface area contributed by atoms with Gasteiger partial charge in [0.05, 0.1) is 0 Å². The molecule has 0 radical (unpaired) electrons. The minimum atomic E-state index is 0.303. The van der Waals surface area contributed by atoms with E-state index in [1.807, 2.05) is 0 Å². The number of carbonyl (C=O) groups excluding carboxylic acids is 1. The molecule has 0 N–H and O–H groups in total. The average Bonchev–Trinajstić information content (AvgIpc) is 2.00. The second-order valence-corrected chi connectivity index (χ2v) is 2.96. The predicted molar refractivity (Wildman–Crippen MR) is 47.1 cm³/mol. The highest BCUT2D eigenvalue weighted by molar-refractivity contribution is 5.78. The Morgan fingerprint density at radius 2 is 2.27 bits per heavy atom. The van der Waals surface area contributed by atoms with E-state index in [1.54, 1.807) is 0 Å². The SMILES string of the molecule is C#CCCC(=O)CC(C)CC. The zero-order chi connectivity index (χ0) is 8.69. The Morgan fingerprint density at radius 3 is 2.73 bits per heavy atom. The summed E-state index contributed by atoms with van der Waals surface area (Å²) in [5, 5.41) is 0. The highest BCUT2D eigenvalue weighted by Crippen LogP contribution is 2.08. The minimum absolute atomic E-state index is 0.303. The molecule has 11 heavy (non-hydrogen) atoms. The van der Waals surface area contributed by atoms with Crippen LogP contribution in [0.3, 0.4) is 0 Å². The molecule has 0 saturated heterocycles. The van der Waals surface area contributed by atoms with E-state index in [0.29, 0.717) is 31.0 Å². The third kappa shape index (κ3) is 5.66. The van der Waals surface area contributed by atoms with Crippen molar-refractivity contribution in [2.24, 2.45) is 5.92 Å². The summed E-state index contributed by atoms with van der Waals surface area (Å²) in [6, 6.07) is 0. The monoisotopic (exact) mass is 152 g/mol. The van der Waals surface area contributed by atoms with E-state index in [2.05, 4.69) is 19.8 Å². The molecule has 0 fully saturated rings. The summed E-state index contributed by atoms with van der Waals surface area (Å²) >= 11 is 0. The van der Waals surface area contributed by atoms with Crippen LogP contribution >= 0.6 is 0 Å². The Labute approximate surface area is 69.2 Å². The third-order valence-corrected chi connectivity index (χ3v) is 1.82. The number of Topliss-reactive ketones (excluding diaryl/α,β-unsaturated/α-hetero) is 1. The predicted octanol–water partition coefficient (Wildman–Crippen LogP) is 2.41. The van der Waals surface area contributed by atoms with Crippen molar-refractivity contribution in [3.05, 3.63) is 0 Å². The van der Waals surface area contributed by atoms with Crippen LogP contribution in [0.1, 0.15) is 39.5 Å². The van der Waals surface area contributed by atoms with Gasteiger partial charge in [0, 0.05) is 19.3 Å². The Hall–Kier alpha value is -0.770.